The first kappa shape index (κ1) is 19.7. The Kier molecular flexibility index (Phi) is 8.32. The third-order valence-corrected chi connectivity index (χ3v) is 3.15. The van der Waals surface area contributed by atoms with Gasteiger partial charge in [0, 0.05) is 25.7 Å². The first-order valence-corrected chi connectivity index (χ1v) is 7.46. The van der Waals surface area contributed by atoms with Crippen LogP contribution in [0.1, 0.15) is 47.5 Å². The Balaban J connectivity index is 4.55. The van der Waals surface area contributed by atoms with Crippen molar-refractivity contribution in [2.75, 3.05) is 19.7 Å². The van der Waals surface area contributed by atoms with Gasteiger partial charge in [-0.3, -0.25) is 4.79 Å². The van der Waals surface area contributed by atoms with Crippen LogP contribution in [-0.4, -0.2) is 52.9 Å². The number of aliphatic carboxylic acids is 1. The summed E-state index contributed by atoms with van der Waals surface area (Å²) in [6.45, 7) is 10.3. The average Bonchev–Trinajstić information content (AvgIpc) is 2.32. The van der Waals surface area contributed by atoms with Crippen molar-refractivity contribution in [2.45, 2.75) is 53.5 Å². The summed E-state index contributed by atoms with van der Waals surface area (Å²) < 4.78 is 0. The maximum Gasteiger partial charge on any atom is 0.317 e. The molecule has 0 radical (unpaired) electrons. The number of carboxylic acids is 1. The second kappa shape index (κ2) is 8.87. The van der Waals surface area contributed by atoms with E-state index in [0.717, 1.165) is 0 Å². The van der Waals surface area contributed by atoms with Crippen LogP contribution in [0.3, 0.4) is 0 Å². The Morgan fingerprint density at radius 2 is 1.81 bits per heavy atom. The van der Waals surface area contributed by atoms with Gasteiger partial charge in [0.1, 0.15) is 0 Å². The molecule has 0 spiro atoms. The summed E-state index contributed by atoms with van der Waals surface area (Å²) in [6, 6.07) is -0.277. The lowest BCUT2D eigenvalue weighted by molar-refractivity contribution is -0.142. The molecule has 0 aliphatic heterocycles. The fourth-order valence-corrected chi connectivity index (χ4v) is 2.13. The Bertz CT molecular complexity index is 337. The van der Waals surface area contributed by atoms with Crippen LogP contribution >= 0.6 is 0 Å². The zero-order valence-corrected chi connectivity index (χ0v) is 13.8. The van der Waals surface area contributed by atoms with Gasteiger partial charge >= 0.3 is 12.0 Å². The maximum atomic E-state index is 12.1. The van der Waals surface area contributed by atoms with Gasteiger partial charge in [0.25, 0.3) is 0 Å². The van der Waals surface area contributed by atoms with Crippen LogP contribution in [-0.2, 0) is 4.79 Å². The van der Waals surface area contributed by atoms with E-state index in [1.54, 1.807) is 4.90 Å². The fourth-order valence-electron chi connectivity index (χ4n) is 2.13. The predicted octanol–water partition coefficient (Wildman–Crippen LogP) is 1.93. The van der Waals surface area contributed by atoms with E-state index in [-0.39, 0.29) is 30.6 Å². The van der Waals surface area contributed by atoms with Crippen LogP contribution in [0.4, 0.5) is 4.79 Å². The van der Waals surface area contributed by atoms with Gasteiger partial charge in [-0.05, 0) is 32.1 Å². The van der Waals surface area contributed by atoms with E-state index in [4.69, 9.17) is 5.11 Å². The number of urea groups is 1. The topological polar surface area (TPSA) is 89.9 Å². The second-order valence-electron chi connectivity index (χ2n) is 6.85. The van der Waals surface area contributed by atoms with Gasteiger partial charge in [-0.25, -0.2) is 4.79 Å². The highest BCUT2D eigenvalue weighted by Gasteiger charge is 2.26. The molecule has 0 aliphatic carbocycles. The molecule has 2 amide bonds. The zero-order chi connectivity index (χ0) is 16.6. The fraction of sp³-hybridized carbons (Fsp3) is 0.867. The van der Waals surface area contributed by atoms with Crippen LogP contribution < -0.4 is 5.32 Å². The summed E-state index contributed by atoms with van der Waals surface area (Å²) in [5.74, 6) is -1.49. The molecule has 0 aliphatic rings. The third-order valence-electron chi connectivity index (χ3n) is 3.15. The number of nitrogens with one attached hydrogen (secondary N) is 1. The molecule has 124 valence electrons. The van der Waals surface area contributed by atoms with E-state index in [2.05, 4.69) is 5.32 Å². The van der Waals surface area contributed by atoms with Crippen molar-refractivity contribution in [1.29, 1.82) is 0 Å². The molecule has 21 heavy (non-hydrogen) atoms. The number of aliphatic hydroxyl groups excluding tert-OH is 1. The van der Waals surface area contributed by atoms with Gasteiger partial charge in [-0.15, -0.1) is 0 Å². The van der Waals surface area contributed by atoms with E-state index in [0.29, 0.717) is 19.4 Å². The Labute approximate surface area is 127 Å². The van der Waals surface area contributed by atoms with Crippen molar-refractivity contribution in [3.05, 3.63) is 0 Å². The number of hydrogen-bond acceptors (Lipinski definition) is 3. The predicted molar refractivity (Wildman–Crippen MR) is 82.1 cm³/mol. The van der Waals surface area contributed by atoms with E-state index < -0.39 is 11.9 Å². The van der Waals surface area contributed by atoms with E-state index in [9.17, 15) is 14.7 Å². The molecular weight excluding hydrogens is 272 g/mol. The molecule has 6 heteroatoms. The number of aliphatic hydroxyl groups is 1. The van der Waals surface area contributed by atoms with Crippen molar-refractivity contribution < 1.29 is 19.8 Å². The summed E-state index contributed by atoms with van der Waals surface area (Å²) in [5.41, 5.74) is -0.109. The van der Waals surface area contributed by atoms with Gasteiger partial charge < -0.3 is 20.4 Å². The molecule has 6 nitrogen and oxygen atoms in total. The van der Waals surface area contributed by atoms with Crippen molar-refractivity contribution in [3.8, 4) is 0 Å². The molecule has 1 unspecified atom stereocenters. The first-order valence-electron chi connectivity index (χ1n) is 7.46. The Hall–Kier alpha value is -1.30. The zero-order valence-electron chi connectivity index (χ0n) is 13.8. The highest BCUT2D eigenvalue weighted by atomic mass is 16.4. The lowest BCUT2D eigenvalue weighted by Crippen LogP contribution is -2.47. The number of rotatable bonds is 8. The molecule has 0 saturated carbocycles. The SMILES string of the molecule is CC(C)N(CCCO)C(=O)NCC(CC(C)(C)C)C(=O)O. The molecule has 3 N–H and O–H groups in total. The number of carbonyl (C=O) groups is 2. The number of carboxylic acid groups (broad SMARTS) is 1. The standard InChI is InChI=1S/C15H30N2O4/c1-11(2)17(7-6-8-18)14(21)16-10-12(13(19)20)9-15(3,4)5/h11-12,18H,6-10H2,1-5H3,(H,16,21)(H,19,20). The first-order chi connectivity index (χ1) is 9.58. The normalized spacial score (nSPS) is 13.1. The van der Waals surface area contributed by atoms with Gasteiger partial charge in [-0.1, -0.05) is 20.8 Å². The van der Waals surface area contributed by atoms with Gasteiger partial charge in [-0.2, -0.15) is 0 Å². The van der Waals surface area contributed by atoms with Gasteiger partial charge in [0.2, 0.25) is 0 Å². The molecule has 0 rings (SSSR count). The molecule has 0 aromatic rings. The van der Waals surface area contributed by atoms with Crippen LogP contribution in [0.5, 0.6) is 0 Å². The van der Waals surface area contributed by atoms with Gasteiger partial charge in [0.05, 0.1) is 5.92 Å². The summed E-state index contributed by atoms with van der Waals surface area (Å²) in [6.07, 6.45) is 1.01. The smallest absolute Gasteiger partial charge is 0.317 e. The number of carbonyl (C=O) groups excluding carboxylic acids is 1. The van der Waals surface area contributed by atoms with Crippen molar-refractivity contribution >= 4 is 12.0 Å². The number of hydrogen-bond donors (Lipinski definition) is 3. The summed E-state index contributed by atoms with van der Waals surface area (Å²) in [7, 11) is 0. The molecular formula is C15H30N2O4. The van der Waals surface area contributed by atoms with Gasteiger partial charge in [0.15, 0.2) is 0 Å². The summed E-state index contributed by atoms with van der Waals surface area (Å²) in [4.78, 5) is 25.0. The Morgan fingerprint density at radius 3 is 2.19 bits per heavy atom. The van der Waals surface area contributed by atoms with Crippen molar-refractivity contribution in [3.63, 3.8) is 0 Å². The van der Waals surface area contributed by atoms with E-state index in [1.165, 1.54) is 0 Å². The minimum absolute atomic E-state index is 0.00226. The summed E-state index contributed by atoms with van der Waals surface area (Å²) in [5, 5.41) is 20.8. The maximum absolute atomic E-state index is 12.1. The highest BCUT2D eigenvalue weighted by Crippen LogP contribution is 2.24. The average molecular weight is 302 g/mol. The molecule has 1 atom stereocenters. The minimum atomic E-state index is -0.892. The molecule has 0 aromatic heterocycles. The van der Waals surface area contributed by atoms with E-state index >= 15 is 0 Å². The molecule has 0 aromatic carbocycles. The van der Waals surface area contributed by atoms with E-state index in [1.807, 2.05) is 34.6 Å². The monoisotopic (exact) mass is 302 g/mol. The van der Waals surface area contributed by atoms with Crippen molar-refractivity contribution in [2.24, 2.45) is 11.3 Å². The lowest BCUT2D eigenvalue weighted by atomic mass is 9.84. The van der Waals surface area contributed by atoms with Crippen molar-refractivity contribution in [1.82, 2.24) is 10.2 Å². The molecule has 0 heterocycles. The van der Waals surface area contributed by atoms with Crippen LogP contribution in [0.15, 0.2) is 0 Å². The van der Waals surface area contributed by atoms with Crippen LogP contribution in [0.25, 0.3) is 0 Å². The lowest BCUT2D eigenvalue weighted by Gasteiger charge is -2.28. The minimum Gasteiger partial charge on any atom is -0.481 e. The number of nitrogens with zero attached hydrogens (tertiary/aromatic N) is 1. The quantitative estimate of drug-likeness (QED) is 0.639. The highest BCUT2D eigenvalue weighted by molar-refractivity contribution is 5.76. The summed E-state index contributed by atoms with van der Waals surface area (Å²) >= 11 is 0. The van der Waals surface area contributed by atoms with Crippen LogP contribution in [0, 0.1) is 11.3 Å². The molecule has 0 fully saturated rings. The Morgan fingerprint density at radius 1 is 1.24 bits per heavy atom. The molecule has 0 bridgehead atoms. The molecule has 0 saturated heterocycles. The largest absolute Gasteiger partial charge is 0.481 e. The third kappa shape index (κ3) is 8.55. The second-order valence-corrected chi connectivity index (χ2v) is 6.85. The van der Waals surface area contributed by atoms with Crippen LogP contribution in [0.2, 0.25) is 0 Å². The number of amides is 2.